The summed E-state index contributed by atoms with van der Waals surface area (Å²) in [6.07, 6.45) is 2.37. The van der Waals surface area contributed by atoms with Gasteiger partial charge in [0.25, 0.3) is 5.91 Å². The first kappa shape index (κ1) is 19.0. The van der Waals surface area contributed by atoms with Crippen molar-refractivity contribution in [1.29, 1.82) is 5.26 Å². The Balaban J connectivity index is 2.29. The molecule has 2 aromatic rings. The summed E-state index contributed by atoms with van der Waals surface area (Å²) < 4.78 is 6.51. The molecule has 2 rings (SSSR count). The molecule has 0 heterocycles. The zero-order valence-electron chi connectivity index (χ0n) is 13.6. The van der Waals surface area contributed by atoms with Crippen molar-refractivity contribution >= 4 is 45.2 Å². The Kier molecular flexibility index (Phi) is 7.05. The van der Waals surface area contributed by atoms with Crippen LogP contribution in [-0.2, 0) is 4.79 Å². The van der Waals surface area contributed by atoms with Crippen molar-refractivity contribution < 1.29 is 9.53 Å². The van der Waals surface area contributed by atoms with E-state index in [1.54, 1.807) is 36.4 Å². The van der Waals surface area contributed by atoms with Gasteiger partial charge < -0.3 is 10.1 Å². The lowest BCUT2D eigenvalue weighted by Crippen LogP contribution is -2.13. The number of nitrogens with zero attached hydrogens (tertiary/aromatic N) is 1. The van der Waals surface area contributed by atoms with E-state index in [-0.39, 0.29) is 5.57 Å². The van der Waals surface area contributed by atoms with E-state index in [1.807, 2.05) is 19.1 Å². The summed E-state index contributed by atoms with van der Waals surface area (Å²) in [5.74, 6) is 0.111. The average Bonchev–Trinajstić information content (AvgIpc) is 2.58. The van der Waals surface area contributed by atoms with Gasteiger partial charge in [-0.05, 0) is 48.9 Å². The van der Waals surface area contributed by atoms with Crippen LogP contribution >= 0.6 is 27.5 Å². The molecule has 0 unspecified atom stereocenters. The second kappa shape index (κ2) is 9.26. The van der Waals surface area contributed by atoms with Crippen molar-refractivity contribution in [2.24, 2.45) is 0 Å². The Morgan fingerprint density at radius 1 is 1.36 bits per heavy atom. The molecular weight excluding hydrogens is 404 g/mol. The van der Waals surface area contributed by atoms with Crippen molar-refractivity contribution in [1.82, 2.24) is 0 Å². The number of nitrogens with one attached hydrogen (secondary N) is 1. The smallest absolute Gasteiger partial charge is 0.266 e. The molecule has 128 valence electrons. The molecule has 0 bridgehead atoms. The molecule has 0 saturated heterocycles. The number of rotatable bonds is 6. The van der Waals surface area contributed by atoms with Gasteiger partial charge in [0.05, 0.1) is 6.61 Å². The third-order valence-corrected chi connectivity index (χ3v) is 3.91. The SMILES string of the molecule is CCCOc1ccc(Br)cc1/C=C(\C#N)C(=O)Nc1cccc(Cl)c1. The summed E-state index contributed by atoms with van der Waals surface area (Å²) in [4.78, 5) is 12.4. The molecule has 6 heteroatoms. The maximum atomic E-state index is 12.4. The Morgan fingerprint density at radius 2 is 2.16 bits per heavy atom. The minimum absolute atomic E-state index is 0.0283. The van der Waals surface area contributed by atoms with E-state index < -0.39 is 5.91 Å². The molecule has 2 aromatic carbocycles. The summed E-state index contributed by atoms with van der Waals surface area (Å²) in [5, 5.41) is 12.5. The van der Waals surface area contributed by atoms with Gasteiger partial charge in [-0.3, -0.25) is 4.79 Å². The molecule has 1 N–H and O–H groups in total. The van der Waals surface area contributed by atoms with Gasteiger partial charge in [0.1, 0.15) is 17.4 Å². The monoisotopic (exact) mass is 418 g/mol. The van der Waals surface area contributed by atoms with Crippen molar-refractivity contribution in [2.75, 3.05) is 11.9 Å². The fourth-order valence-electron chi connectivity index (χ4n) is 2.04. The van der Waals surface area contributed by atoms with Crippen molar-refractivity contribution in [3.05, 3.63) is 63.1 Å². The topological polar surface area (TPSA) is 62.1 Å². The van der Waals surface area contributed by atoms with Crippen LogP contribution in [-0.4, -0.2) is 12.5 Å². The Bertz CT molecular complexity index is 844. The zero-order valence-corrected chi connectivity index (χ0v) is 15.9. The lowest BCUT2D eigenvalue weighted by Gasteiger charge is -2.10. The molecule has 0 aliphatic rings. The van der Waals surface area contributed by atoms with E-state index in [1.165, 1.54) is 6.08 Å². The lowest BCUT2D eigenvalue weighted by atomic mass is 10.1. The molecule has 0 atom stereocenters. The van der Waals surface area contributed by atoms with Crippen LogP contribution in [0.1, 0.15) is 18.9 Å². The normalized spacial score (nSPS) is 10.9. The summed E-state index contributed by atoms with van der Waals surface area (Å²) in [6, 6.07) is 14.1. The molecule has 25 heavy (non-hydrogen) atoms. The minimum atomic E-state index is -0.508. The Hall–Kier alpha value is -2.29. The number of hydrogen-bond acceptors (Lipinski definition) is 3. The van der Waals surface area contributed by atoms with Gasteiger partial charge in [-0.1, -0.05) is 40.5 Å². The highest BCUT2D eigenvalue weighted by molar-refractivity contribution is 9.10. The molecule has 0 fully saturated rings. The van der Waals surface area contributed by atoms with Gasteiger partial charge in [0, 0.05) is 20.7 Å². The molecule has 0 spiro atoms. The number of hydrogen-bond donors (Lipinski definition) is 1. The fourth-order valence-corrected chi connectivity index (χ4v) is 2.61. The number of anilines is 1. The van der Waals surface area contributed by atoms with Crippen LogP contribution in [0.5, 0.6) is 5.75 Å². The largest absolute Gasteiger partial charge is 0.493 e. The van der Waals surface area contributed by atoms with Gasteiger partial charge in [-0.2, -0.15) is 5.26 Å². The molecule has 1 amide bonds. The predicted molar refractivity (Wildman–Crippen MR) is 104 cm³/mol. The van der Waals surface area contributed by atoms with E-state index in [4.69, 9.17) is 16.3 Å². The third-order valence-electron chi connectivity index (χ3n) is 3.18. The van der Waals surface area contributed by atoms with Crippen molar-refractivity contribution in [2.45, 2.75) is 13.3 Å². The molecule has 0 aliphatic carbocycles. The molecule has 0 aliphatic heterocycles. The first-order valence-electron chi connectivity index (χ1n) is 7.64. The Labute approximate surface area is 160 Å². The third kappa shape index (κ3) is 5.63. The molecule has 0 aromatic heterocycles. The van der Waals surface area contributed by atoms with Crippen LogP contribution in [0.3, 0.4) is 0 Å². The molecular formula is C19H16BrClN2O2. The summed E-state index contributed by atoms with van der Waals surface area (Å²) in [5.41, 5.74) is 1.15. The number of carbonyl (C=O) groups is 1. The van der Waals surface area contributed by atoms with Crippen LogP contribution in [0.2, 0.25) is 5.02 Å². The molecule has 0 radical (unpaired) electrons. The van der Waals surface area contributed by atoms with Crippen LogP contribution in [0.15, 0.2) is 52.5 Å². The highest BCUT2D eigenvalue weighted by Gasteiger charge is 2.12. The maximum absolute atomic E-state index is 12.4. The maximum Gasteiger partial charge on any atom is 0.266 e. The van der Waals surface area contributed by atoms with E-state index >= 15 is 0 Å². The zero-order chi connectivity index (χ0) is 18.2. The first-order valence-corrected chi connectivity index (χ1v) is 8.81. The summed E-state index contributed by atoms with van der Waals surface area (Å²) in [7, 11) is 0. The lowest BCUT2D eigenvalue weighted by molar-refractivity contribution is -0.112. The predicted octanol–water partition coefficient (Wildman–Crippen LogP) is 5.44. The van der Waals surface area contributed by atoms with Crippen molar-refractivity contribution in [3.63, 3.8) is 0 Å². The number of carbonyl (C=O) groups excluding carboxylic acids is 1. The van der Waals surface area contributed by atoms with Crippen LogP contribution in [0, 0.1) is 11.3 Å². The summed E-state index contributed by atoms with van der Waals surface area (Å²) in [6.45, 7) is 2.56. The highest BCUT2D eigenvalue weighted by Crippen LogP contribution is 2.26. The van der Waals surface area contributed by atoms with Gasteiger partial charge in [0.15, 0.2) is 0 Å². The van der Waals surface area contributed by atoms with Gasteiger partial charge in [-0.15, -0.1) is 0 Å². The minimum Gasteiger partial charge on any atom is -0.493 e. The average molecular weight is 420 g/mol. The molecule has 0 saturated carbocycles. The highest BCUT2D eigenvalue weighted by atomic mass is 79.9. The van der Waals surface area contributed by atoms with Gasteiger partial charge in [0.2, 0.25) is 0 Å². The number of halogens is 2. The quantitative estimate of drug-likeness (QED) is 0.501. The number of amides is 1. The van der Waals surface area contributed by atoms with E-state index in [0.717, 1.165) is 10.9 Å². The first-order chi connectivity index (χ1) is 12.0. The number of nitriles is 1. The van der Waals surface area contributed by atoms with Crippen LogP contribution in [0.25, 0.3) is 6.08 Å². The van der Waals surface area contributed by atoms with E-state index in [9.17, 15) is 10.1 Å². The molecule has 4 nitrogen and oxygen atoms in total. The number of ether oxygens (including phenoxy) is 1. The van der Waals surface area contributed by atoms with E-state index in [0.29, 0.717) is 28.6 Å². The van der Waals surface area contributed by atoms with Gasteiger partial charge in [-0.25, -0.2) is 0 Å². The van der Waals surface area contributed by atoms with Crippen molar-refractivity contribution in [3.8, 4) is 11.8 Å². The van der Waals surface area contributed by atoms with E-state index in [2.05, 4.69) is 21.2 Å². The van der Waals surface area contributed by atoms with Crippen LogP contribution < -0.4 is 10.1 Å². The van der Waals surface area contributed by atoms with Gasteiger partial charge >= 0.3 is 0 Å². The number of benzene rings is 2. The second-order valence-corrected chi connectivity index (χ2v) is 6.52. The van der Waals surface area contributed by atoms with Crippen LogP contribution in [0.4, 0.5) is 5.69 Å². The second-order valence-electron chi connectivity index (χ2n) is 5.16. The standard InChI is InChI=1S/C19H16BrClN2O2/c1-2-8-25-18-7-6-15(20)10-13(18)9-14(12-22)19(24)23-17-5-3-4-16(21)11-17/h3-7,9-11H,2,8H2,1H3,(H,23,24)/b14-9+. The fraction of sp³-hybridized carbons (Fsp3) is 0.158. The summed E-state index contributed by atoms with van der Waals surface area (Å²) >= 11 is 9.30. The Morgan fingerprint density at radius 3 is 2.84 bits per heavy atom.